The molecule has 1 aliphatic heterocycles. The Bertz CT molecular complexity index is 3810. The molecule has 1 heteroatoms. The maximum absolute atomic E-state index is 2.54. The summed E-state index contributed by atoms with van der Waals surface area (Å²) >= 11 is 0. The number of aromatic nitrogens is 1. The van der Waals surface area contributed by atoms with E-state index in [0.717, 1.165) is 0 Å². The van der Waals surface area contributed by atoms with Crippen LogP contribution in [-0.4, -0.2) is 4.57 Å². The van der Waals surface area contributed by atoms with Crippen LogP contribution in [0.5, 0.6) is 0 Å². The second kappa shape index (κ2) is 13.8. The van der Waals surface area contributed by atoms with E-state index in [-0.39, 0.29) is 11.3 Å². The Labute approximate surface area is 385 Å². The first-order chi connectivity index (χ1) is 32.5. The second-order valence-corrected chi connectivity index (χ2v) is 19.0. The summed E-state index contributed by atoms with van der Waals surface area (Å²) in [5.74, 6) is -0.0809. The molecule has 0 N–H and O–H groups in total. The van der Waals surface area contributed by atoms with Gasteiger partial charge in [0.2, 0.25) is 0 Å². The van der Waals surface area contributed by atoms with Crippen molar-refractivity contribution in [3.8, 4) is 50.2 Å². The summed E-state index contributed by atoms with van der Waals surface area (Å²) in [6.45, 7) is 4.79. The lowest BCUT2D eigenvalue weighted by Gasteiger charge is -2.40. The third kappa shape index (κ3) is 4.84. The molecule has 11 aromatic rings. The van der Waals surface area contributed by atoms with Crippen LogP contribution in [-0.2, 0) is 10.8 Å². The predicted octanol–water partition coefficient (Wildman–Crippen LogP) is 16.3. The highest BCUT2D eigenvalue weighted by Gasteiger charge is 2.52. The van der Waals surface area contributed by atoms with Crippen molar-refractivity contribution < 1.29 is 0 Å². The highest BCUT2D eigenvalue weighted by molar-refractivity contribution is 6.13. The van der Waals surface area contributed by atoms with Crippen LogP contribution in [0.2, 0.25) is 0 Å². The minimum absolute atomic E-state index is 0.0809. The van der Waals surface area contributed by atoms with Gasteiger partial charge in [-0.1, -0.05) is 232 Å². The van der Waals surface area contributed by atoms with E-state index in [9.17, 15) is 0 Å². The first kappa shape index (κ1) is 37.4. The quantitative estimate of drug-likeness (QED) is 0.152. The smallest absolute Gasteiger partial charge is 0.0760 e. The molecule has 0 amide bonds. The van der Waals surface area contributed by atoms with E-state index in [0.29, 0.717) is 0 Å². The van der Waals surface area contributed by atoms with Gasteiger partial charge in [0.1, 0.15) is 0 Å². The molecule has 1 aromatic heterocycles. The highest BCUT2D eigenvalue weighted by Crippen LogP contribution is 2.63. The van der Waals surface area contributed by atoms with Crippen LogP contribution in [0.4, 0.5) is 0 Å². The van der Waals surface area contributed by atoms with Gasteiger partial charge < -0.3 is 4.57 Å². The molecule has 0 saturated heterocycles. The number of benzene rings is 10. The van der Waals surface area contributed by atoms with E-state index in [1.54, 1.807) is 0 Å². The van der Waals surface area contributed by atoms with Gasteiger partial charge in [0.25, 0.3) is 0 Å². The van der Waals surface area contributed by atoms with E-state index >= 15 is 0 Å². The lowest BCUT2D eigenvalue weighted by Crippen LogP contribution is -2.34. The summed E-state index contributed by atoms with van der Waals surface area (Å²) in [7, 11) is 0. The molecule has 310 valence electrons. The van der Waals surface area contributed by atoms with Crippen LogP contribution < -0.4 is 0 Å². The molecular formula is C65H45N. The second-order valence-electron chi connectivity index (χ2n) is 19.0. The van der Waals surface area contributed by atoms with Crippen molar-refractivity contribution in [3.05, 3.63) is 281 Å². The van der Waals surface area contributed by atoms with Gasteiger partial charge in [-0.2, -0.15) is 0 Å². The van der Waals surface area contributed by atoms with Crippen molar-refractivity contribution in [1.82, 2.24) is 4.57 Å². The Balaban J connectivity index is 1.08. The minimum atomic E-state index is -0.586. The van der Waals surface area contributed by atoms with Crippen LogP contribution in [0.25, 0.3) is 72.0 Å². The number of para-hydroxylation sites is 3. The Hall–Kier alpha value is -8.00. The average Bonchev–Trinajstić information content (AvgIpc) is 3.96. The molecular weight excluding hydrogens is 795 g/mol. The van der Waals surface area contributed by atoms with Gasteiger partial charge >= 0.3 is 0 Å². The molecule has 0 fully saturated rings. The fourth-order valence-corrected chi connectivity index (χ4v) is 12.9. The Morgan fingerprint density at radius 3 is 1.70 bits per heavy atom. The first-order valence-corrected chi connectivity index (χ1v) is 23.4. The van der Waals surface area contributed by atoms with E-state index in [2.05, 4.69) is 249 Å². The summed E-state index contributed by atoms with van der Waals surface area (Å²) in [4.78, 5) is 0. The first-order valence-electron chi connectivity index (χ1n) is 23.4. The van der Waals surface area contributed by atoms with Gasteiger partial charge in [-0.15, -0.1) is 0 Å². The fraction of sp³-hybridized carbons (Fsp3) is 0.0769. The molecule has 0 saturated carbocycles. The lowest BCUT2D eigenvalue weighted by molar-refractivity contribution is 0.659. The van der Waals surface area contributed by atoms with E-state index in [4.69, 9.17) is 0 Å². The molecule has 3 aliphatic rings. The van der Waals surface area contributed by atoms with Crippen molar-refractivity contribution in [1.29, 1.82) is 0 Å². The maximum Gasteiger partial charge on any atom is 0.0760 e. The summed E-state index contributed by atoms with van der Waals surface area (Å²) < 4.78 is 2.54. The average molecular weight is 840 g/mol. The Morgan fingerprint density at radius 2 is 0.894 bits per heavy atom. The molecule has 0 radical (unpaired) electrons. The Morgan fingerprint density at radius 1 is 0.364 bits per heavy atom. The topological polar surface area (TPSA) is 4.93 Å². The highest BCUT2D eigenvalue weighted by atomic mass is 15.0. The number of hydrogen-bond donors (Lipinski definition) is 0. The summed E-state index contributed by atoms with van der Waals surface area (Å²) in [5, 5.41) is 2.58. The van der Waals surface area contributed by atoms with Gasteiger partial charge in [-0.05, 0) is 107 Å². The zero-order chi connectivity index (χ0) is 43.7. The molecule has 1 nitrogen and oxygen atoms in total. The van der Waals surface area contributed by atoms with E-state index < -0.39 is 5.41 Å². The summed E-state index contributed by atoms with van der Waals surface area (Å²) in [6.07, 6.45) is 0. The molecule has 14 rings (SSSR count). The molecule has 2 heterocycles. The normalized spacial score (nSPS) is 16.2. The Kier molecular flexibility index (Phi) is 7.79. The molecule has 1 spiro atoms. The number of rotatable bonds is 5. The van der Waals surface area contributed by atoms with Crippen LogP contribution in [0.3, 0.4) is 0 Å². The number of nitrogens with zero attached hydrogens (tertiary/aromatic N) is 1. The molecule has 2 atom stereocenters. The maximum atomic E-state index is 2.54. The van der Waals surface area contributed by atoms with E-state index in [1.807, 2.05) is 0 Å². The third-order valence-electron chi connectivity index (χ3n) is 15.6. The van der Waals surface area contributed by atoms with Crippen molar-refractivity contribution in [2.45, 2.75) is 30.6 Å². The predicted molar refractivity (Wildman–Crippen MR) is 274 cm³/mol. The SMILES string of the molecule is CC1(C)c2ccccc2-c2ccc(C(c3ccccc3-c3ccccc3)c3ccccc3-c3cccc4c3C3(c5ccccc5-4)c4ccccc4-n4c5ccccc5c5cccc3c54)cc21. The van der Waals surface area contributed by atoms with Crippen LogP contribution >= 0.6 is 0 Å². The number of fused-ring (bicyclic) bond motifs is 15. The third-order valence-corrected chi connectivity index (χ3v) is 15.6. The van der Waals surface area contributed by atoms with Crippen LogP contribution in [0, 0.1) is 0 Å². The molecule has 2 aliphatic carbocycles. The minimum Gasteiger partial charge on any atom is -0.309 e. The lowest BCUT2D eigenvalue weighted by atomic mass is 9.63. The standard InChI is InChI=1S/C65H45N/c1-64(2)54-32-13-10-24-45(54)47-39-38-42(40-58(47)64)61(49-27-8-6-22-43(49)41-20-4-3-5-21-41)50-28-9-7-23-44(50)51-29-18-30-52-46-25-11-14-33-55(46)65(62(51)52)56-34-15-17-37-60(56)66-59-36-16-12-26-48(59)53-31-19-35-57(65)63(53)66/h3-40,61H,1-2H3. The molecule has 10 aromatic carbocycles. The van der Waals surface area contributed by atoms with Gasteiger partial charge in [-0.3, -0.25) is 0 Å². The summed E-state index contributed by atoms with van der Waals surface area (Å²) in [6, 6.07) is 87.3. The molecule has 2 unspecified atom stereocenters. The molecule has 0 bridgehead atoms. The van der Waals surface area contributed by atoms with Crippen molar-refractivity contribution in [2.75, 3.05) is 0 Å². The van der Waals surface area contributed by atoms with Gasteiger partial charge in [0.15, 0.2) is 0 Å². The van der Waals surface area contributed by atoms with Gasteiger partial charge in [0.05, 0.1) is 22.1 Å². The zero-order valence-corrected chi connectivity index (χ0v) is 37.0. The number of hydrogen-bond acceptors (Lipinski definition) is 0. The van der Waals surface area contributed by atoms with E-state index in [1.165, 1.54) is 122 Å². The zero-order valence-electron chi connectivity index (χ0n) is 37.0. The molecule has 66 heavy (non-hydrogen) atoms. The van der Waals surface area contributed by atoms with Gasteiger partial charge in [-0.25, -0.2) is 0 Å². The monoisotopic (exact) mass is 839 g/mol. The van der Waals surface area contributed by atoms with Crippen LogP contribution in [0.15, 0.2) is 231 Å². The van der Waals surface area contributed by atoms with Crippen molar-refractivity contribution in [2.24, 2.45) is 0 Å². The van der Waals surface area contributed by atoms with Gasteiger partial charge in [0, 0.05) is 22.1 Å². The van der Waals surface area contributed by atoms with Crippen molar-refractivity contribution in [3.63, 3.8) is 0 Å². The largest absolute Gasteiger partial charge is 0.309 e. The summed E-state index contributed by atoms with van der Waals surface area (Å²) in [5.41, 5.74) is 25.4. The van der Waals surface area contributed by atoms with Crippen molar-refractivity contribution >= 4 is 21.8 Å². The fourth-order valence-electron chi connectivity index (χ4n) is 12.9. The van der Waals surface area contributed by atoms with Crippen LogP contribution in [0.1, 0.15) is 69.8 Å².